The van der Waals surface area contributed by atoms with E-state index in [9.17, 15) is 9.59 Å². The fourth-order valence-corrected chi connectivity index (χ4v) is 3.91. The van der Waals surface area contributed by atoms with Crippen LogP contribution in [-0.4, -0.2) is 36.9 Å². The van der Waals surface area contributed by atoms with Crippen LogP contribution in [0.25, 0.3) is 0 Å². The topological polar surface area (TPSA) is 81.0 Å². The molecule has 2 amide bonds. The minimum Gasteiger partial charge on any atom is -0.493 e. The molecule has 4 rings (SSSR count). The SMILES string of the molecule is COc1cc(CNC(=O)C2CCN(C(=O)c3ccco3)CC2)ccc1OCc1ccccc1. The maximum atomic E-state index is 12.7. The van der Waals surface area contributed by atoms with Gasteiger partial charge in [0.2, 0.25) is 5.91 Å². The first-order valence-electron chi connectivity index (χ1n) is 11.1. The Balaban J connectivity index is 1.26. The van der Waals surface area contributed by atoms with Crippen molar-refractivity contribution < 1.29 is 23.5 Å². The molecular formula is C26H28N2O5. The molecule has 0 bridgehead atoms. The Bertz CT molecular complexity index is 1060. The van der Waals surface area contributed by atoms with Crippen LogP contribution in [0.15, 0.2) is 71.3 Å². The van der Waals surface area contributed by atoms with Crippen LogP contribution in [-0.2, 0) is 17.9 Å². The second-order valence-electron chi connectivity index (χ2n) is 8.02. The van der Waals surface area contributed by atoms with E-state index >= 15 is 0 Å². The van der Waals surface area contributed by atoms with Crippen molar-refractivity contribution in [3.05, 3.63) is 83.8 Å². The van der Waals surface area contributed by atoms with Gasteiger partial charge in [-0.15, -0.1) is 0 Å². The van der Waals surface area contributed by atoms with Crippen molar-refractivity contribution >= 4 is 11.8 Å². The van der Waals surface area contributed by atoms with Crippen molar-refractivity contribution in [2.24, 2.45) is 5.92 Å². The van der Waals surface area contributed by atoms with E-state index in [-0.39, 0.29) is 17.7 Å². The smallest absolute Gasteiger partial charge is 0.289 e. The molecule has 0 saturated carbocycles. The monoisotopic (exact) mass is 448 g/mol. The predicted molar refractivity (Wildman–Crippen MR) is 123 cm³/mol. The van der Waals surface area contributed by atoms with Gasteiger partial charge < -0.3 is 24.1 Å². The number of piperidine rings is 1. The first-order chi connectivity index (χ1) is 16.1. The van der Waals surface area contributed by atoms with Gasteiger partial charge in [0.15, 0.2) is 17.3 Å². The Kier molecular flexibility index (Phi) is 7.29. The van der Waals surface area contributed by atoms with E-state index in [2.05, 4.69) is 5.32 Å². The zero-order valence-corrected chi connectivity index (χ0v) is 18.7. The molecule has 1 aromatic heterocycles. The van der Waals surface area contributed by atoms with Crippen molar-refractivity contribution in [3.63, 3.8) is 0 Å². The molecule has 1 aliphatic rings. The van der Waals surface area contributed by atoms with Gasteiger partial charge in [-0.2, -0.15) is 0 Å². The Morgan fingerprint density at radius 1 is 1.00 bits per heavy atom. The van der Waals surface area contributed by atoms with E-state index in [1.807, 2.05) is 48.5 Å². The summed E-state index contributed by atoms with van der Waals surface area (Å²) in [5, 5.41) is 3.01. The van der Waals surface area contributed by atoms with Gasteiger partial charge in [0.05, 0.1) is 13.4 Å². The van der Waals surface area contributed by atoms with E-state index in [1.165, 1.54) is 6.26 Å². The zero-order valence-electron chi connectivity index (χ0n) is 18.7. The third-order valence-electron chi connectivity index (χ3n) is 5.82. The molecule has 2 heterocycles. The highest BCUT2D eigenvalue weighted by molar-refractivity contribution is 5.91. The van der Waals surface area contributed by atoms with Gasteiger partial charge in [0, 0.05) is 25.6 Å². The average Bonchev–Trinajstić information content (AvgIpc) is 3.41. The van der Waals surface area contributed by atoms with Gasteiger partial charge in [-0.05, 0) is 48.2 Å². The molecule has 1 fully saturated rings. The number of hydrogen-bond donors (Lipinski definition) is 1. The fraction of sp³-hybridized carbons (Fsp3) is 0.308. The summed E-state index contributed by atoms with van der Waals surface area (Å²) >= 11 is 0. The molecule has 33 heavy (non-hydrogen) atoms. The van der Waals surface area contributed by atoms with Crippen molar-refractivity contribution in [2.45, 2.75) is 26.0 Å². The number of benzene rings is 2. The number of likely N-dealkylation sites (tertiary alicyclic amines) is 1. The second-order valence-corrected chi connectivity index (χ2v) is 8.02. The highest BCUT2D eigenvalue weighted by Crippen LogP contribution is 2.29. The Labute approximate surface area is 193 Å². The van der Waals surface area contributed by atoms with Crippen LogP contribution in [0.2, 0.25) is 0 Å². The molecule has 0 radical (unpaired) electrons. The number of carbonyl (C=O) groups is 2. The number of rotatable bonds is 8. The van der Waals surface area contributed by atoms with Crippen LogP contribution >= 0.6 is 0 Å². The number of ether oxygens (including phenoxy) is 2. The van der Waals surface area contributed by atoms with Crippen LogP contribution in [0.4, 0.5) is 0 Å². The van der Waals surface area contributed by atoms with E-state index < -0.39 is 0 Å². The largest absolute Gasteiger partial charge is 0.493 e. The number of furan rings is 1. The lowest BCUT2D eigenvalue weighted by atomic mass is 9.95. The maximum Gasteiger partial charge on any atom is 0.289 e. The predicted octanol–water partition coefficient (Wildman–Crippen LogP) is 4.04. The number of methoxy groups -OCH3 is 1. The lowest BCUT2D eigenvalue weighted by molar-refractivity contribution is -0.126. The third-order valence-corrected chi connectivity index (χ3v) is 5.82. The average molecular weight is 449 g/mol. The summed E-state index contributed by atoms with van der Waals surface area (Å²) in [7, 11) is 1.60. The van der Waals surface area contributed by atoms with Gasteiger partial charge in [0.25, 0.3) is 5.91 Å². The molecule has 1 saturated heterocycles. The van der Waals surface area contributed by atoms with Gasteiger partial charge in [-0.25, -0.2) is 0 Å². The Morgan fingerprint density at radius 2 is 1.79 bits per heavy atom. The molecular weight excluding hydrogens is 420 g/mol. The zero-order chi connectivity index (χ0) is 23.0. The first kappa shape index (κ1) is 22.5. The molecule has 1 N–H and O–H groups in total. The van der Waals surface area contributed by atoms with Crippen LogP contribution in [0.5, 0.6) is 11.5 Å². The summed E-state index contributed by atoms with van der Waals surface area (Å²) in [6, 6.07) is 19.0. The molecule has 7 heteroatoms. The van der Waals surface area contributed by atoms with E-state index in [0.717, 1.165) is 11.1 Å². The van der Waals surface area contributed by atoms with E-state index in [1.54, 1.807) is 24.1 Å². The van der Waals surface area contributed by atoms with Gasteiger partial charge in [-0.3, -0.25) is 9.59 Å². The summed E-state index contributed by atoms with van der Waals surface area (Å²) in [5.41, 5.74) is 2.01. The van der Waals surface area contributed by atoms with Crippen LogP contribution in [0, 0.1) is 5.92 Å². The van der Waals surface area contributed by atoms with Crippen molar-refractivity contribution in [3.8, 4) is 11.5 Å². The Hall–Kier alpha value is -3.74. The number of nitrogens with zero attached hydrogens (tertiary/aromatic N) is 1. The molecule has 0 aliphatic carbocycles. The highest BCUT2D eigenvalue weighted by atomic mass is 16.5. The minimum absolute atomic E-state index is 0.00321. The fourth-order valence-electron chi connectivity index (χ4n) is 3.91. The van der Waals surface area contributed by atoms with E-state index in [0.29, 0.717) is 56.3 Å². The standard InChI is InChI=1S/C26H28N2O5/c1-31-24-16-20(9-10-22(24)33-18-19-6-3-2-4-7-19)17-27-25(29)21-11-13-28(14-12-21)26(30)23-8-5-15-32-23/h2-10,15-16,21H,11-14,17-18H2,1H3,(H,27,29). The number of carbonyl (C=O) groups excluding carboxylic acids is 2. The maximum absolute atomic E-state index is 12.7. The summed E-state index contributed by atoms with van der Waals surface area (Å²) in [4.78, 5) is 26.8. The van der Waals surface area contributed by atoms with E-state index in [4.69, 9.17) is 13.9 Å². The number of hydrogen-bond acceptors (Lipinski definition) is 5. The number of nitrogens with one attached hydrogen (secondary N) is 1. The molecule has 2 aromatic carbocycles. The van der Waals surface area contributed by atoms with Crippen molar-refractivity contribution in [1.29, 1.82) is 0 Å². The number of amides is 2. The van der Waals surface area contributed by atoms with Gasteiger partial charge in [-0.1, -0.05) is 36.4 Å². The lowest BCUT2D eigenvalue weighted by Crippen LogP contribution is -2.42. The summed E-state index contributed by atoms with van der Waals surface area (Å²) in [5.74, 6) is 1.39. The third kappa shape index (κ3) is 5.74. The first-order valence-corrected chi connectivity index (χ1v) is 11.1. The minimum atomic E-state index is -0.125. The summed E-state index contributed by atoms with van der Waals surface area (Å²) in [6.07, 6.45) is 2.76. The highest BCUT2D eigenvalue weighted by Gasteiger charge is 2.28. The molecule has 0 atom stereocenters. The van der Waals surface area contributed by atoms with Crippen molar-refractivity contribution in [1.82, 2.24) is 10.2 Å². The molecule has 0 spiro atoms. The molecule has 172 valence electrons. The van der Waals surface area contributed by atoms with Crippen LogP contribution < -0.4 is 14.8 Å². The van der Waals surface area contributed by atoms with Gasteiger partial charge in [0.1, 0.15) is 6.61 Å². The van der Waals surface area contributed by atoms with Crippen molar-refractivity contribution in [2.75, 3.05) is 20.2 Å². The molecule has 0 unspecified atom stereocenters. The lowest BCUT2D eigenvalue weighted by Gasteiger charge is -2.30. The van der Waals surface area contributed by atoms with Gasteiger partial charge >= 0.3 is 0 Å². The Morgan fingerprint density at radius 3 is 2.48 bits per heavy atom. The molecule has 7 nitrogen and oxygen atoms in total. The molecule has 1 aliphatic heterocycles. The van der Waals surface area contributed by atoms with Crippen LogP contribution in [0.1, 0.15) is 34.5 Å². The quantitative estimate of drug-likeness (QED) is 0.563. The van der Waals surface area contributed by atoms with Crippen LogP contribution in [0.3, 0.4) is 0 Å². The molecule has 3 aromatic rings. The summed E-state index contributed by atoms with van der Waals surface area (Å²) in [6.45, 7) is 1.94. The second kappa shape index (κ2) is 10.7. The summed E-state index contributed by atoms with van der Waals surface area (Å²) < 4.78 is 16.6. The normalized spacial score (nSPS) is 14.0.